The Morgan fingerprint density at radius 2 is 1.31 bits per heavy atom. The van der Waals surface area contributed by atoms with Crippen LogP contribution in [0.15, 0.2) is 60.7 Å². The SMILES string of the molecule is C#CC#CC#CC#CC#CC#CC#CC#CC#CC#CC#CC.Cc1nc2c(nc1N1CCC3(CC1)Oc1ccccc1[C@H]3N)CN=C2N1CCCCC1.N=N/N=N/N=N/N=O.[HH].[HH].[HH].[HH].[HH].[HH].[HH].[HH].[HH].[HH].[HH].[HH]. The summed E-state index contributed by atoms with van der Waals surface area (Å²) in [6, 6.07) is 8.12. The largest absolute Gasteiger partial charge is 0.485 e. The second-order valence-corrected chi connectivity index (χ2v) is 12.6. The van der Waals surface area contributed by atoms with Crippen LogP contribution in [0.5, 0.6) is 5.75 Å². The van der Waals surface area contributed by atoms with E-state index in [-0.39, 0.29) is 28.8 Å². The number of nitrogens with zero attached hydrogens (tertiary/aromatic N) is 11. The van der Waals surface area contributed by atoms with Gasteiger partial charge < -0.3 is 20.3 Å². The Balaban J connectivity index is -0.000000128. The normalized spacial score (nSPS) is 14.8. The third kappa shape index (κ3) is 14.1. The fourth-order valence-electron chi connectivity index (χ4n) is 6.32. The maximum atomic E-state index is 9.08. The highest BCUT2D eigenvalue weighted by atomic mass is 16.5. The molecule has 0 aliphatic carbocycles. The van der Waals surface area contributed by atoms with Crippen LogP contribution in [0.4, 0.5) is 5.82 Å². The molecule has 0 radical (unpaired) electrons. The number of ether oxygens (including phenoxy) is 1. The molecule has 0 saturated carbocycles. The predicted octanol–water partition coefficient (Wildman–Crippen LogP) is 8.02. The number of nitrogens with one attached hydrogen (secondary N) is 1. The zero-order valence-electron chi connectivity index (χ0n) is 33.8. The number of anilines is 1. The van der Waals surface area contributed by atoms with Crippen molar-refractivity contribution in [2.24, 2.45) is 42.1 Å². The fourth-order valence-corrected chi connectivity index (χ4v) is 6.32. The molecule has 1 aromatic carbocycles. The number of fused-ring (bicyclic) bond motifs is 2. The summed E-state index contributed by atoms with van der Waals surface area (Å²) in [5.41, 5.74) is 16.5. The van der Waals surface area contributed by atoms with Crippen LogP contribution in [0.3, 0.4) is 0 Å². The van der Waals surface area contributed by atoms with E-state index in [1.807, 2.05) is 23.5 Å². The number of likely N-dealkylation sites (tertiary alicyclic amines) is 1. The number of amidine groups is 1. The number of aliphatic imine (C=N–C) groups is 1. The van der Waals surface area contributed by atoms with Crippen molar-refractivity contribution in [1.82, 2.24) is 14.9 Å². The van der Waals surface area contributed by atoms with E-state index < -0.39 is 0 Å². The lowest BCUT2D eigenvalue weighted by atomic mass is 9.83. The molecule has 2 fully saturated rings. The first kappa shape index (κ1) is 45.6. The molecule has 324 valence electrons. The lowest BCUT2D eigenvalue weighted by Gasteiger charge is -2.41. The molecule has 3 N–H and O–H groups in total. The topological polar surface area (TPSA) is 195 Å². The molecule has 1 atom stereocenters. The fraction of sp³-hybridized carbons (Fsp3) is 0.298. The molecule has 4 aliphatic rings. The van der Waals surface area contributed by atoms with Gasteiger partial charge in [0.1, 0.15) is 28.1 Å². The number of benzene rings is 1. The molecule has 0 amide bonds. The standard InChI is InChI=1S/C24H30N6O.C23H4.HN7O.12H2/c1-16-22(28-18-15-26-23(20(18)27-16)29-11-5-2-6-12-29)30-13-9-24(10-14-30)21(25)17-7-3-4-8-19(17)31-24;1-3-5-7-9-11-13-15-17-19-21-23-22-20-18-16-14-12-10-8-6-4-2;1-2-3-4-5-6-7-8;;;;;;;;;;;;/h3-4,7-8,21H,2,5-6,9-15,25H2,1H3;1H,2H3;1H;12*1H/b;;2-1?,4-3+,6-5+;;;;;;;;;;;;/t21-;;;;;;;;;;;;;;/m1............../s1. The van der Waals surface area contributed by atoms with Crippen LogP contribution in [-0.2, 0) is 6.54 Å². The predicted molar refractivity (Wildman–Crippen MR) is 259 cm³/mol. The van der Waals surface area contributed by atoms with Crippen molar-refractivity contribution in [3.05, 3.63) is 51.8 Å². The number of nitrogens with two attached hydrogens (primary N) is 1. The summed E-state index contributed by atoms with van der Waals surface area (Å²) in [5, 5.41) is 14.9. The third-order valence-electron chi connectivity index (χ3n) is 8.93. The summed E-state index contributed by atoms with van der Waals surface area (Å²) in [7, 11) is 0. The van der Waals surface area contributed by atoms with Crippen LogP contribution in [-0.4, -0.2) is 52.5 Å². The summed E-state index contributed by atoms with van der Waals surface area (Å²) in [5.74, 6) is 54.9. The summed E-state index contributed by atoms with van der Waals surface area (Å²) in [6.07, 6.45) is 10.5. The minimum Gasteiger partial charge on any atom is -0.485 e. The molecule has 5 heterocycles. The van der Waals surface area contributed by atoms with Gasteiger partial charge in [0, 0.05) is 95.8 Å². The highest BCUT2D eigenvalue weighted by Crippen LogP contribution is 2.47. The molecule has 0 unspecified atom stereocenters. The molecule has 6 rings (SSSR count). The van der Waals surface area contributed by atoms with Crippen molar-refractivity contribution in [2.45, 2.75) is 64.1 Å². The molecule has 1 spiro atoms. The van der Waals surface area contributed by atoms with Crippen molar-refractivity contribution >= 4 is 11.7 Å². The van der Waals surface area contributed by atoms with Gasteiger partial charge in [0.25, 0.3) is 0 Å². The van der Waals surface area contributed by atoms with Crippen LogP contribution < -0.4 is 15.4 Å². The van der Waals surface area contributed by atoms with Gasteiger partial charge in [-0.25, -0.2) is 9.97 Å². The van der Waals surface area contributed by atoms with Gasteiger partial charge >= 0.3 is 0 Å². The van der Waals surface area contributed by atoms with E-state index in [2.05, 4.69) is 173 Å². The Labute approximate surface area is 379 Å². The molecular formula is C47H59N13O2. The quantitative estimate of drug-likeness (QED) is 0.135. The lowest BCUT2D eigenvalue weighted by molar-refractivity contribution is 0.0430. The number of piperidine rings is 2. The van der Waals surface area contributed by atoms with Crippen LogP contribution in [0.25, 0.3) is 0 Å². The molecule has 15 nitrogen and oxygen atoms in total. The number of rotatable bonds is 4. The summed E-state index contributed by atoms with van der Waals surface area (Å²) >= 11 is 0. The van der Waals surface area contributed by atoms with Crippen LogP contribution in [0.1, 0.15) is 84.8 Å². The molecule has 1 aromatic heterocycles. The first-order valence-electron chi connectivity index (χ1n) is 18.8. The number of hydrogen-bond donors (Lipinski definition) is 2. The molecule has 2 saturated heterocycles. The second-order valence-electron chi connectivity index (χ2n) is 12.6. The average molecular weight is 838 g/mol. The van der Waals surface area contributed by atoms with Gasteiger partial charge in [0.2, 0.25) is 0 Å². The van der Waals surface area contributed by atoms with Gasteiger partial charge in [-0.05, 0) is 150 Å². The van der Waals surface area contributed by atoms with E-state index in [4.69, 9.17) is 42.3 Å². The van der Waals surface area contributed by atoms with Gasteiger partial charge in [-0.2, -0.15) is 5.53 Å². The minimum atomic E-state index is -0.303. The van der Waals surface area contributed by atoms with Gasteiger partial charge in [0.15, 0.2) is 5.84 Å². The average Bonchev–Trinajstić information content (AvgIpc) is 3.83. The zero-order valence-corrected chi connectivity index (χ0v) is 33.8. The maximum absolute atomic E-state index is 9.08. The summed E-state index contributed by atoms with van der Waals surface area (Å²) in [6.45, 7) is 8.32. The van der Waals surface area contributed by atoms with Crippen LogP contribution in [0, 0.1) is 148 Å². The number of aromatic nitrogens is 2. The van der Waals surface area contributed by atoms with Gasteiger partial charge in [-0.1, -0.05) is 24.1 Å². The number of aryl methyl sites for hydroxylation is 1. The van der Waals surface area contributed by atoms with E-state index in [0.717, 1.165) is 79.1 Å². The number of terminal acetylenes is 1. The van der Waals surface area contributed by atoms with Gasteiger partial charge in [-0.15, -0.1) is 11.3 Å². The number of nitroso groups, excluding NO2 is 1. The molecule has 2 aromatic rings. The van der Waals surface area contributed by atoms with E-state index in [1.54, 1.807) is 6.92 Å². The van der Waals surface area contributed by atoms with Crippen molar-refractivity contribution in [3.63, 3.8) is 0 Å². The molecular weight excluding hydrogens is 779 g/mol. The van der Waals surface area contributed by atoms with Crippen molar-refractivity contribution in [3.8, 4) is 137 Å². The van der Waals surface area contributed by atoms with Crippen molar-refractivity contribution < 1.29 is 21.9 Å². The van der Waals surface area contributed by atoms with E-state index in [0.29, 0.717) is 6.54 Å². The Kier molecular flexibility index (Phi) is 19.1. The van der Waals surface area contributed by atoms with Crippen molar-refractivity contribution in [2.75, 3.05) is 31.1 Å². The van der Waals surface area contributed by atoms with Crippen molar-refractivity contribution in [1.29, 1.82) is 5.53 Å². The molecule has 62 heavy (non-hydrogen) atoms. The maximum Gasteiger partial charge on any atom is 0.152 e. The molecule has 15 heteroatoms. The first-order chi connectivity index (χ1) is 30.5. The minimum absolute atomic E-state index is 0. The lowest BCUT2D eigenvalue weighted by Crippen LogP contribution is -2.51. The first-order valence-corrected chi connectivity index (χ1v) is 18.8. The van der Waals surface area contributed by atoms with Crippen LogP contribution >= 0.6 is 0 Å². The van der Waals surface area contributed by atoms with E-state index >= 15 is 0 Å². The van der Waals surface area contributed by atoms with Gasteiger partial charge in [-0.3, -0.25) is 4.99 Å². The Hall–Kier alpha value is -9.11. The third-order valence-corrected chi connectivity index (χ3v) is 8.93. The number of hydrogen-bond acceptors (Lipinski definition) is 9. The van der Waals surface area contributed by atoms with E-state index in [1.165, 1.54) is 19.3 Å². The Morgan fingerprint density at radius 1 is 0.758 bits per heavy atom. The van der Waals surface area contributed by atoms with Crippen LogP contribution in [0.2, 0.25) is 0 Å². The second kappa shape index (κ2) is 26.0. The summed E-state index contributed by atoms with van der Waals surface area (Å²) in [4.78, 5) is 28.7. The monoisotopic (exact) mass is 837 g/mol. The zero-order chi connectivity index (χ0) is 44.1. The Bertz CT molecular complexity index is 2840. The highest BCUT2D eigenvalue weighted by Gasteiger charge is 2.48. The Morgan fingerprint density at radius 3 is 1.84 bits per heavy atom. The number of para-hydroxylation sites is 1. The smallest absolute Gasteiger partial charge is 0.152 e. The summed E-state index contributed by atoms with van der Waals surface area (Å²) < 4.78 is 6.41. The molecule has 0 bridgehead atoms. The van der Waals surface area contributed by atoms with Gasteiger partial charge in [0.05, 0.1) is 24.0 Å². The van der Waals surface area contributed by atoms with E-state index in [9.17, 15) is 0 Å². The molecule has 4 aliphatic heterocycles. The highest BCUT2D eigenvalue weighted by molar-refractivity contribution is 6.00.